The molecule has 0 bridgehead atoms. The Morgan fingerprint density at radius 2 is 2.00 bits per heavy atom. The molecule has 6 heteroatoms. The third kappa shape index (κ3) is 3.77. The fourth-order valence-corrected chi connectivity index (χ4v) is 6.56. The van der Waals surface area contributed by atoms with Crippen molar-refractivity contribution in [2.75, 3.05) is 49.5 Å². The minimum atomic E-state index is -0.274. The monoisotopic (exact) mass is 460 g/mol. The summed E-state index contributed by atoms with van der Waals surface area (Å²) in [5, 5.41) is 14.8. The smallest absolute Gasteiger partial charge is 0.298 e. The van der Waals surface area contributed by atoms with Crippen molar-refractivity contribution < 1.29 is 9.52 Å². The molecule has 2 saturated heterocycles. The number of aliphatic hydroxyl groups is 1. The second kappa shape index (κ2) is 8.58. The summed E-state index contributed by atoms with van der Waals surface area (Å²) in [7, 11) is 0. The molecule has 6 nitrogen and oxygen atoms in total. The van der Waals surface area contributed by atoms with Crippen LogP contribution in [0.1, 0.15) is 37.3 Å². The predicted molar refractivity (Wildman–Crippen MR) is 137 cm³/mol. The van der Waals surface area contributed by atoms with Gasteiger partial charge in [-0.05, 0) is 73.9 Å². The van der Waals surface area contributed by atoms with E-state index in [9.17, 15) is 5.11 Å². The van der Waals surface area contributed by atoms with E-state index in [4.69, 9.17) is 4.42 Å². The molecule has 3 aliphatic rings. The summed E-state index contributed by atoms with van der Waals surface area (Å²) in [5.74, 6) is 0.898. The lowest BCUT2D eigenvalue weighted by Crippen LogP contribution is -2.52. The van der Waals surface area contributed by atoms with Crippen LogP contribution < -0.4 is 10.2 Å². The highest BCUT2D eigenvalue weighted by atomic mass is 16.4. The maximum atomic E-state index is 11.1. The van der Waals surface area contributed by atoms with Gasteiger partial charge in [-0.2, -0.15) is 4.98 Å². The number of oxazole rings is 1. The Labute approximate surface area is 202 Å². The Bertz CT molecular complexity index is 1140. The van der Waals surface area contributed by atoms with Crippen molar-refractivity contribution in [3.63, 3.8) is 0 Å². The number of nitrogens with one attached hydrogen (secondary N) is 1. The molecule has 0 saturated carbocycles. The largest absolute Gasteiger partial charge is 0.423 e. The van der Waals surface area contributed by atoms with Gasteiger partial charge in [-0.1, -0.05) is 31.2 Å². The van der Waals surface area contributed by atoms with Crippen LogP contribution in [-0.4, -0.2) is 60.4 Å². The van der Waals surface area contributed by atoms with Crippen LogP contribution in [-0.2, 0) is 5.41 Å². The number of β-amino-alcohol motifs (C(OH)–C–C–N with tert-alkyl or cyclic N) is 1. The molecule has 3 atom stereocenters. The van der Waals surface area contributed by atoms with Crippen molar-refractivity contribution in [3.8, 4) is 0 Å². The number of benzene rings is 2. The van der Waals surface area contributed by atoms with Gasteiger partial charge in [0.1, 0.15) is 5.52 Å². The molecule has 0 amide bonds. The van der Waals surface area contributed by atoms with E-state index < -0.39 is 0 Å². The van der Waals surface area contributed by atoms with Gasteiger partial charge in [0.25, 0.3) is 6.01 Å². The van der Waals surface area contributed by atoms with E-state index in [2.05, 4.69) is 52.1 Å². The van der Waals surface area contributed by atoms with Crippen LogP contribution >= 0.6 is 0 Å². The molecule has 2 N–H and O–H groups in total. The Hall–Kier alpha value is -2.57. The van der Waals surface area contributed by atoms with E-state index in [1.807, 2.05) is 24.3 Å². The van der Waals surface area contributed by atoms with Gasteiger partial charge in [-0.25, -0.2) is 0 Å². The minimum Gasteiger partial charge on any atom is -0.423 e. The molecule has 1 aromatic heterocycles. The molecule has 0 aliphatic carbocycles. The number of para-hydroxylation sites is 2. The number of rotatable bonds is 4. The van der Waals surface area contributed by atoms with Crippen molar-refractivity contribution in [2.45, 2.75) is 44.6 Å². The molecule has 34 heavy (non-hydrogen) atoms. The first kappa shape index (κ1) is 21.9. The minimum absolute atomic E-state index is 0.232. The molecule has 4 heterocycles. The van der Waals surface area contributed by atoms with Crippen molar-refractivity contribution in [1.82, 2.24) is 9.88 Å². The van der Waals surface area contributed by atoms with Crippen LogP contribution in [0.25, 0.3) is 11.1 Å². The summed E-state index contributed by atoms with van der Waals surface area (Å²) in [6.45, 7) is 10.3. The average Bonchev–Trinajstić information content (AvgIpc) is 3.44. The van der Waals surface area contributed by atoms with Crippen LogP contribution in [0.4, 0.5) is 11.7 Å². The predicted octanol–water partition coefficient (Wildman–Crippen LogP) is 4.42. The number of aliphatic hydroxyl groups excluding tert-OH is 1. The standard InChI is InChI=1S/C28H36N4O2/c1-19-7-8-22-24(15-19)29-18-28(22)11-14-31(16-20(28)2)17-25(33)21-9-12-32(13-10-21)27-30-23-5-3-4-6-26(23)34-27/h3-8,15,20-21,25,29,33H,9-14,16-18H2,1-2H3/t20-,25+,28?/m0/s1. The van der Waals surface area contributed by atoms with Gasteiger partial charge < -0.3 is 24.6 Å². The Morgan fingerprint density at radius 3 is 2.79 bits per heavy atom. The number of aromatic nitrogens is 1. The molecule has 180 valence electrons. The van der Waals surface area contributed by atoms with Crippen LogP contribution in [0.3, 0.4) is 0 Å². The van der Waals surface area contributed by atoms with Crippen LogP contribution in [0, 0.1) is 18.8 Å². The molecule has 3 aromatic rings. The molecule has 6 rings (SSSR count). The normalized spacial score (nSPS) is 26.7. The van der Waals surface area contributed by atoms with Crippen molar-refractivity contribution in [1.29, 1.82) is 0 Å². The average molecular weight is 461 g/mol. The Kier molecular flexibility index (Phi) is 5.53. The van der Waals surface area contributed by atoms with Gasteiger partial charge in [-0.15, -0.1) is 0 Å². The molecule has 0 radical (unpaired) electrons. The van der Waals surface area contributed by atoms with Gasteiger partial charge in [0, 0.05) is 43.8 Å². The first-order chi connectivity index (χ1) is 16.5. The summed E-state index contributed by atoms with van der Waals surface area (Å²) in [6.07, 6.45) is 2.83. The quantitative estimate of drug-likeness (QED) is 0.601. The van der Waals surface area contributed by atoms with Gasteiger partial charge in [-0.3, -0.25) is 0 Å². The number of aryl methyl sites for hydroxylation is 1. The third-order valence-corrected chi connectivity index (χ3v) is 8.74. The number of hydrogen-bond donors (Lipinski definition) is 2. The number of piperidine rings is 2. The van der Waals surface area contributed by atoms with E-state index in [1.165, 1.54) is 16.8 Å². The van der Waals surface area contributed by atoms with Gasteiger partial charge >= 0.3 is 0 Å². The van der Waals surface area contributed by atoms with E-state index in [1.54, 1.807) is 0 Å². The number of nitrogens with zero attached hydrogens (tertiary/aromatic N) is 3. The van der Waals surface area contributed by atoms with Crippen molar-refractivity contribution in [2.24, 2.45) is 11.8 Å². The summed E-state index contributed by atoms with van der Waals surface area (Å²) in [4.78, 5) is 9.37. The molecule has 2 aromatic carbocycles. The lowest BCUT2D eigenvalue weighted by atomic mass is 9.67. The summed E-state index contributed by atoms with van der Waals surface area (Å²) < 4.78 is 5.95. The first-order valence-corrected chi connectivity index (χ1v) is 12.9. The topological polar surface area (TPSA) is 64.8 Å². The summed E-state index contributed by atoms with van der Waals surface area (Å²) in [6, 6.07) is 15.5. The molecule has 1 spiro atoms. The highest BCUT2D eigenvalue weighted by Gasteiger charge is 2.46. The Balaban J connectivity index is 1.04. The van der Waals surface area contributed by atoms with E-state index >= 15 is 0 Å². The SMILES string of the molecule is Cc1ccc2c(c1)NCC21CCN(C[C@@H](O)C2CCN(c3nc4ccccc4o3)CC2)C[C@@H]1C. The fourth-order valence-electron chi connectivity index (χ4n) is 6.56. The van der Waals surface area contributed by atoms with Crippen LogP contribution in [0.2, 0.25) is 0 Å². The molecule has 1 unspecified atom stereocenters. The van der Waals surface area contributed by atoms with Gasteiger partial charge in [0.15, 0.2) is 5.58 Å². The van der Waals surface area contributed by atoms with E-state index in [0.717, 1.165) is 69.6 Å². The van der Waals surface area contributed by atoms with E-state index in [0.29, 0.717) is 17.9 Å². The number of anilines is 2. The zero-order valence-corrected chi connectivity index (χ0v) is 20.3. The summed E-state index contributed by atoms with van der Waals surface area (Å²) in [5.41, 5.74) is 6.12. The maximum absolute atomic E-state index is 11.1. The second-order valence-corrected chi connectivity index (χ2v) is 10.8. The first-order valence-electron chi connectivity index (χ1n) is 12.9. The molecule has 2 fully saturated rings. The van der Waals surface area contributed by atoms with Gasteiger partial charge in [0.05, 0.1) is 6.10 Å². The highest BCUT2D eigenvalue weighted by molar-refractivity contribution is 5.74. The number of hydrogen-bond acceptors (Lipinski definition) is 6. The molecular weight excluding hydrogens is 424 g/mol. The number of fused-ring (bicyclic) bond motifs is 3. The third-order valence-electron chi connectivity index (χ3n) is 8.74. The number of likely N-dealkylation sites (tertiary alicyclic amines) is 1. The van der Waals surface area contributed by atoms with E-state index in [-0.39, 0.29) is 11.5 Å². The summed E-state index contributed by atoms with van der Waals surface area (Å²) >= 11 is 0. The van der Waals surface area contributed by atoms with Crippen LogP contribution in [0.15, 0.2) is 46.9 Å². The molecule has 3 aliphatic heterocycles. The molecular formula is C28H36N4O2. The zero-order chi connectivity index (χ0) is 23.3. The zero-order valence-electron chi connectivity index (χ0n) is 20.3. The fraction of sp³-hybridized carbons (Fsp3) is 0.536. The van der Waals surface area contributed by atoms with Gasteiger partial charge in [0.2, 0.25) is 0 Å². The highest BCUT2D eigenvalue weighted by Crippen LogP contribution is 2.47. The van der Waals surface area contributed by atoms with Crippen molar-refractivity contribution in [3.05, 3.63) is 53.6 Å². The maximum Gasteiger partial charge on any atom is 0.298 e. The Morgan fingerprint density at radius 1 is 1.18 bits per heavy atom. The van der Waals surface area contributed by atoms with Crippen LogP contribution in [0.5, 0.6) is 0 Å². The van der Waals surface area contributed by atoms with Crippen molar-refractivity contribution >= 4 is 22.8 Å². The lowest BCUT2D eigenvalue weighted by molar-refractivity contribution is 0.0242. The second-order valence-electron chi connectivity index (χ2n) is 10.8. The lowest BCUT2D eigenvalue weighted by Gasteiger charge is -2.46.